The summed E-state index contributed by atoms with van der Waals surface area (Å²) < 4.78 is 0. The standard InChI is InChI=1S/C7H17N3/c8-5-7(9)6-10-3-1-2-4-10/h7H,1-6,8-9H2. The van der Waals surface area contributed by atoms with Crippen LogP contribution in [0.15, 0.2) is 0 Å². The SMILES string of the molecule is NCC(N)CN1CCCC1. The van der Waals surface area contributed by atoms with Gasteiger partial charge in [0.1, 0.15) is 0 Å². The molecule has 1 aliphatic heterocycles. The van der Waals surface area contributed by atoms with Gasteiger partial charge in [0, 0.05) is 19.1 Å². The normalized spacial score (nSPS) is 23.4. The van der Waals surface area contributed by atoms with Gasteiger partial charge in [-0.1, -0.05) is 0 Å². The average Bonchev–Trinajstić information content (AvgIpc) is 2.40. The molecule has 1 aliphatic rings. The Hall–Kier alpha value is -0.120. The van der Waals surface area contributed by atoms with E-state index in [4.69, 9.17) is 11.5 Å². The Labute approximate surface area is 62.4 Å². The molecule has 0 saturated carbocycles. The second-order valence-electron chi connectivity index (χ2n) is 3.00. The van der Waals surface area contributed by atoms with E-state index < -0.39 is 0 Å². The fourth-order valence-corrected chi connectivity index (χ4v) is 1.37. The zero-order chi connectivity index (χ0) is 7.40. The van der Waals surface area contributed by atoms with Crippen molar-refractivity contribution in [2.24, 2.45) is 11.5 Å². The van der Waals surface area contributed by atoms with Gasteiger partial charge in [-0.2, -0.15) is 0 Å². The van der Waals surface area contributed by atoms with Crippen molar-refractivity contribution in [2.45, 2.75) is 18.9 Å². The predicted octanol–water partition coefficient (Wildman–Crippen LogP) is -0.632. The Kier molecular flexibility index (Phi) is 3.12. The maximum absolute atomic E-state index is 5.69. The molecule has 1 unspecified atom stereocenters. The molecule has 10 heavy (non-hydrogen) atoms. The molecule has 0 radical (unpaired) electrons. The molecule has 0 amide bonds. The molecule has 0 bridgehead atoms. The van der Waals surface area contributed by atoms with E-state index in [-0.39, 0.29) is 6.04 Å². The molecule has 1 fully saturated rings. The Bertz CT molecular complexity index is 88.9. The highest BCUT2D eigenvalue weighted by molar-refractivity contribution is 4.72. The largest absolute Gasteiger partial charge is 0.329 e. The van der Waals surface area contributed by atoms with Crippen molar-refractivity contribution >= 4 is 0 Å². The van der Waals surface area contributed by atoms with E-state index >= 15 is 0 Å². The molecule has 0 aromatic carbocycles. The zero-order valence-corrected chi connectivity index (χ0v) is 6.42. The summed E-state index contributed by atoms with van der Waals surface area (Å²) in [6.07, 6.45) is 2.66. The van der Waals surface area contributed by atoms with E-state index in [1.807, 2.05) is 0 Å². The number of hydrogen-bond acceptors (Lipinski definition) is 3. The van der Waals surface area contributed by atoms with Crippen molar-refractivity contribution in [1.29, 1.82) is 0 Å². The minimum absolute atomic E-state index is 0.179. The van der Waals surface area contributed by atoms with Crippen molar-refractivity contribution in [3.63, 3.8) is 0 Å². The van der Waals surface area contributed by atoms with Gasteiger partial charge in [-0.15, -0.1) is 0 Å². The first kappa shape index (κ1) is 7.98. The van der Waals surface area contributed by atoms with Crippen LogP contribution in [0, 0.1) is 0 Å². The number of nitrogens with zero attached hydrogens (tertiary/aromatic N) is 1. The van der Waals surface area contributed by atoms with Gasteiger partial charge in [-0.25, -0.2) is 0 Å². The number of nitrogens with two attached hydrogens (primary N) is 2. The molecule has 0 aromatic heterocycles. The van der Waals surface area contributed by atoms with Crippen molar-refractivity contribution in [2.75, 3.05) is 26.2 Å². The third-order valence-electron chi connectivity index (χ3n) is 1.99. The van der Waals surface area contributed by atoms with E-state index in [0.29, 0.717) is 6.54 Å². The van der Waals surface area contributed by atoms with Crippen LogP contribution in [0.25, 0.3) is 0 Å². The van der Waals surface area contributed by atoms with Crippen LogP contribution >= 0.6 is 0 Å². The molecule has 1 rings (SSSR count). The lowest BCUT2D eigenvalue weighted by Gasteiger charge is -2.18. The topological polar surface area (TPSA) is 55.3 Å². The second kappa shape index (κ2) is 3.91. The van der Waals surface area contributed by atoms with E-state index in [0.717, 1.165) is 6.54 Å². The molecule has 1 heterocycles. The molecule has 1 saturated heterocycles. The third kappa shape index (κ3) is 2.25. The number of likely N-dealkylation sites (tertiary alicyclic amines) is 1. The van der Waals surface area contributed by atoms with Gasteiger partial charge in [0.25, 0.3) is 0 Å². The van der Waals surface area contributed by atoms with E-state index in [1.165, 1.54) is 25.9 Å². The summed E-state index contributed by atoms with van der Waals surface area (Å²) in [5.41, 5.74) is 11.1. The van der Waals surface area contributed by atoms with Crippen LogP contribution in [-0.2, 0) is 0 Å². The van der Waals surface area contributed by atoms with Gasteiger partial charge < -0.3 is 16.4 Å². The lowest BCUT2D eigenvalue weighted by molar-refractivity contribution is 0.316. The maximum atomic E-state index is 5.69. The summed E-state index contributed by atoms with van der Waals surface area (Å²) in [5, 5.41) is 0. The van der Waals surface area contributed by atoms with Gasteiger partial charge in [0.05, 0.1) is 0 Å². The molecule has 3 heteroatoms. The highest BCUT2D eigenvalue weighted by Crippen LogP contribution is 2.06. The van der Waals surface area contributed by atoms with Gasteiger partial charge in [0.15, 0.2) is 0 Å². The molecule has 60 valence electrons. The molecule has 4 N–H and O–H groups in total. The van der Waals surface area contributed by atoms with Crippen molar-refractivity contribution in [1.82, 2.24) is 4.90 Å². The van der Waals surface area contributed by atoms with E-state index in [2.05, 4.69) is 4.90 Å². The summed E-state index contributed by atoms with van der Waals surface area (Å²) in [6.45, 7) is 4.02. The van der Waals surface area contributed by atoms with Crippen LogP contribution in [0.3, 0.4) is 0 Å². The van der Waals surface area contributed by atoms with Crippen molar-refractivity contribution < 1.29 is 0 Å². The van der Waals surface area contributed by atoms with Crippen LogP contribution in [0.2, 0.25) is 0 Å². The molecule has 0 spiro atoms. The Morgan fingerprint density at radius 2 is 1.90 bits per heavy atom. The smallest absolute Gasteiger partial charge is 0.0292 e. The van der Waals surface area contributed by atoms with Crippen LogP contribution in [0.5, 0.6) is 0 Å². The Balaban J connectivity index is 2.11. The fraction of sp³-hybridized carbons (Fsp3) is 1.00. The summed E-state index contributed by atoms with van der Waals surface area (Å²) in [5.74, 6) is 0. The quantitative estimate of drug-likeness (QED) is 0.553. The van der Waals surface area contributed by atoms with Crippen LogP contribution in [0.4, 0.5) is 0 Å². The highest BCUT2D eigenvalue weighted by Gasteiger charge is 2.13. The van der Waals surface area contributed by atoms with Crippen LogP contribution in [0.1, 0.15) is 12.8 Å². The number of hydrogen-bond donors (Lipinski definition) is 2. The van der Waals surface area contributed by atoms with E-state index in [9.17, 15) is 0 Å². The molecule has 1 atom stereocenters. The lowest BCUT2D eigenvalue weighted by atomic mass is 10.3. The van der Waals surface area contributed by atoms with Crippen LogP contribution < -0.4 is 11.5 Å². The van der Waals surface area contributed by atoms with Gasteiger partial charge in [-0.05, 0) is 25.9 Å². The number of rotatable bonds is 3. The third-order valence-corrected chi connectivity index (χ3v) is 1.99. The van der Waals surface area contributed by atoms with Gasteiger partial charge in [0.2, 0.25) is 0 Å². The maximum Gasteiger partial charge on any atom is 0.0292 e. The summed E-state index contributed by atoms with van der Waals surface area (Å²) >= 11 is 0. The molecular formula is C7H17N3. The average molecular weight is 143 g/mol. The monoisotopic (exact) mass is 143 g/mol. The molecule has 3 nitrogen and oxygen atoms in total. The predicted molar refractivity (Wildman–Crippen MR) is 42.7 cm³/mol. The van der Waals surface area contributed by atoms with Crippen molar-refractivity contribution in [3.05, 3.63) is 0 Å². The van der Waals surface area contributed by atoms with E-state index in [1.54, 1.807) is 0 Å². The zero-order valence-electron chi connectivity index (χ0n) is 6.42. The summed E-state index contributed by atoms with van der Waals surface area (Å²) in [6, 6.07) is 0.179. The summed E-state index contributed by atoms with van der Waals surface area (Å²) in [4.78, 5) is 2.39. The lowest BCUT2D eigenvalue weighted by Crippen LogP contribution is -2.40. The van der Waals surface area contributed by atoms with Gasteiger partial charge in [-0.3, -0.25) is 0 Å². The Morgan fingerprint density at radius 3 is 2.40 bits per heavy atom. The highest BCUT2D eigenvalue weighted by atomic mass is 15.1. The molecular weight excluding hydrogens is 126 g/mol. The minimum atomic E-state index is 0.179. The first-order valence-electron chi connectivity index (χ1n) is 4.01. The van der Waals surface area contributed by atoms with Crippen molar-refractivity contribution in [3.8, 4) is 0 Å². The summed E-state index contributed by atoms with van der Waals surface area (Å²) in [7, 11) is 0. The first-order chi connectivity index (χ1) is 4.83. The van der Waals surface area contributed by atoms with Gasteiger partial charge >= 0.3 is 0 Å². The first-order valence-corrected chi connectivity index (χ1v) is 4.01. The Morgan fingerprint density at radius 1 is 1.30 bits per heavy atom. The van der Waals surface area contributed by atoms with Crippen LogP contribution in [-0.4, -0.2) is 37.1 Å². The molecule has 0 aromatic rings. The fourth-order valence-electron chi connectivity index (χ4n) is 1.37. The molecule has 0 aliphatic carbocycles. The second-order valence-corrected chi connectivity index (χ2v) is 3.00. The minimum Gasteiger partial charge on any atom is -0.329 e.